The van der Waals surface area contributed by atoms with Crippen molar-refractivity contribution in [1.82, 2.24) is 14.8 Å². The molecule has 2 aromatic heterocycles. The third-order valence-electron chi connectivity index (χ3n) is 2.81. The fourth-order valence-corrected chi connectivity index (χ4v) is 1.84. The number of nitrogens with one attached hydrogen (secondary N) is 2. The van der Waals surface area contributed by atoms with Crippen LogP contribution in [0.25, 0.3) is 11.0 Å². The molecule has 2 N–H and O–H groups in total. The maximum Gasteiger partial charge on any atom is 0.320 e. The Kier molecular flexibility index (Phi) is 3.07. The lowest BCUT2D eigenvalue weighted by atomic mass is 10.2. The molecule has 0 aliphatic rings. The van der Waals surface area contributed by atoms with Crippen LogP contribution < -0.4 is 10.5 Å². The zero-order valence-corrected chi connectivity index (χ0v) is 10.2. The van der Waals surface area contributed by atoms with Crippen LogP contribution in [0.2, 0.25) is 0 Å². The Morgan fingerprint density at radius 2 is 2.16 bits per heavy atom. The van der Waals surface area contributed by atoms with Crippen molar-refractivity contribution in [2.45, 2.75) is 13.3 Å². The van der Waals surface area contributed by atoms with Gasteiger partial charge in [0.05, 0.1) is 12.8 Å². The van der Waals surface area contributed by atoms with E-state index in [2.05, 4.69) is 15.1 Å². The molecule has 0 saturated carbocycles. The highest BCUT2D eigenvalue weighted by Gasteiger charge is 2.10. The number of aromatic nitrogens is 4. The Bertz CT molecular complexity index is 733. The molecule has 0 spiro atoms. The number of aromatic amines is 2. The Labute approximate surface area is 108 Å². The monoisotopic (exact) mass is 257 g/mol. The number of hydrogen-bond donors (Lipinski definition) is 1. The average Bonchev–Trinajstić information content (AvgIpc) is 2.92. The predicted octanol–water partition coefficient (Wildman–Crippen LogP) is 0.713. The summed E-state index contributed by atoms with van der Waals surface area (Å²) in [5.41, 5.74) is 2.04. The number of benzene rings is 1. The Morgan fingerprint density at radius 1 is 1.32 bits per heavy atom. The van der Waals surface area contributed by atoms with Crippen molar-refractivity contribution in [3.05, 3.63) is 58.8 Å². The van der Waals surface area contributed by atoms with Crippen molar-refractivity contribution in [3.63, 3.8) is 0 Å². The maximum absolute atomic E-state index is 12.0. The Hall–Kier alpha value is -2.47. The first-order chi connectivity index (χ1) is 9.34. The first-order valence-electron chi connectivity index (χ1n) is 5.91. The van der Waals surface area contributed by atoms with Gasteiger partial charge in [-0.1, -0.05) is 30.3 Å². The third-order valence-corrected chi connectivity index (χ3v) is 2.81. The molecular weight excluding hydrogens is 244 g/mol. The smallest absolute Gasteiger partial charge is 0.320 e. The summed E-state index contributed by atoms with van der Waals surface area (Å²) < 4.78 is 6.78. The lowest BCUT2D eigenvalue weighted by molar-refractivity contribution is -0.345. The fourth-order valence-electron chi connectivity index (χ4n) is 1.84. The minimum atomic E-state index is -0.202. The van der Waals surface area contributed by atoms with Crippen molar-refractivity contribution < 1.29 is 9.72 Å². The molecule has 96 valence electrons. The second kappa shape index (κ2) is 5.03. The van der Waals surface area contributed by atoms with Gasteiger partial charge in [-0.25, -0.2) is 9.97 Å². The van der Waals surface area contributed by atoms with Crippen molar-refractivity contribution in [1.29, 1.82) is 0 Å². The van der Waals surface area contributed by atoms with Gasteiger partial charge >= 0.3 is 5.56 Å². The van der Waals surface area contributed by atoms with E-state index in [4.69, 9.17) is 4.74 Å². The molecule has 6 heteroatoms. The molecule has 0 amide bonds. The number of rotatable bonds is 4. The number of ether oxygens (including phenoxy) is 1. The van der Waals surface area contributed by atoms with Crippen LogP contribution in [-0.2, 0) is 18.1 Å². The van der Waals surface area contributed by atoms with Crippen LogP contribution in [-0.4, -0.2) is 14.8 Å². The molecule has 1 aromatic carbocycles. The molecular formula is C13H13N4O2+. The van der Waals surface area contributed by atoms with Gasteiger partial charge in [0.2, 0.25) is 11.8 Å². The highest BCUT2D eigenvalue weighted by atomic mass is 16.5. The normalized spacial score (nSPS) is 10.9. The van der Waals surface area contributed by atoms with Crippen molar-refractivity contribution >= 4 is 11.0 Å². The maximum atomic E-state index is 12.0. The summed E-state index contributed by atoms with van der Waals surface area (Å²) >= 11 is 0. The summed E-state index contributed by atoms with van der Waals surface area (Å²) in [6.45, 7) is 0.576. The standard InChI is InChI=1S/C13H12N4O2/c18-13-12-11(14-8-15-12)6-16-17(13)9-19-7-10-4-2-1-3-5-10/h1-6,8H,7,9H2,(H,14,15)/p+1. The molecule has 0 atom stereocenters. The molecule has 0 fully saturated rings. The van der Waals surface area contributed by atoms with Gasteiger partial charge in [0.25, 0.3) is 0 Å². The predicted molar refractivity (Wildman–Crippen MR) is 68.1 cm³/mol. The average molecular weight is 257 g/mol. The largest absolute Gasteiger partial charge is 0.354 e. The molecule has 3 aromatic rings. The van der Waals surface area contributed by atoms with Gasteiger partial charge in [0, 0.05) is 0 Å². The minimum absolute atomic E-state index is 0.128. The van der Waals surface area contributed by atoms with Crippen LogP contribution in [0.3, 0.4) is 0 Å². The number of fused-ring (bicyclic) bond motifs is 1. The van der Waals surface area contributed by atoms with E-state index in [-0.39, 0.29) is 12.3 Å². The summed E-state index contributed by atoms with van der Waals surface area (Å²) in [5.74, 6) is 0. The molecule has 6 nitrogen and oxygen atoms in total. The van der Waals surface area contributed by atoms with Crippen LogP contribution in [0.1, 0.15) is 5.56 Å². The van der Waals surface area contributed by atoms with E-state index in [9.17, 15) is 4.79 Å². The topological polar surface area (TPSA) is 74.0 Å². The van der Waals surface area contributed by atoms with Crippen LogP contribution in [0.5, 0.6) is 0 Å². The first-order valence-corrected chi connectivity index (χ1v) is 5.91. The second-order valence-corrected chi connectivity index (χ2v) is 4.13. The molecule has 19 heavy (non-hydrogen) atoms. The molecule has 0 unspecified atom stereocenters. The Balaban J connectivity index is 1.72. The summed E-state index contributed by atoms with van der Waals surface area (Å²) in [4.78, 5) is 17.8. The van der Waals surface area contributed by atoms with E-state index in [1.807, 2.05) is 30.3 Å². The molecule has 0 saturated heterocycles. The summed E-state index contributed by atoms with van der Waals surface area (Å²) in [6.07, 6.45) is 3.20. The van der Waals surface area contributed by atoms with Gasteiger partial charge in [-0.3, -0.25) is 4.79 Å². The van der Waals surface area contributed by atoms with E-state index in [0.29, 0.717) is 17.6 Å². The van der Waals surface area contributed by atoms with Gasteiger partial charge in [-0.2, -0.15) is 9.78 Å². The van der Waals surface area contributed by atoms with E-state index in [0.717, 1.165) is 5.56 Å². The second-order valence-electron chi connectivity index (χ2n) is 4.13. The van der Waals surface area contributed by atoms with E-state index < -0.39 is 0 Å². The van der Waals surface area contributed by atoms with Crippen molar-refractivity contribution in [3.8, 4) is 0 Å². The molecule has 2 heterocycles. The van der Waals surface area contributed by atoms with Gasteiger partial charge in [-0.15, -0.1) is 0 Å². The summed E-state index contributed by atoms with van der Waals surface area (Å²) in [7, 11) is 0. The van der Waals surface area contributed by atoms with Crippen LogP contribution >= 0.6 is 0 Å². The van der Waals surface area contributed by atoms with E-state index in [1.165, 1.54) is 4.68 Å². The van der Waals surface area contributed by atoms with Crippen molar-refractivity contribution in [2.24, 2.45) is 0 Å². The van der Waals surface area contributed by atoms with Crippen LogP contribution in [0.15, 0.2) is 47.7 Å². The highest BCUT2D eigenvalue weighted by molar-refractivity contribution is 5.67. The van der Waals surface area contributed by atoms with Gasteiger partial charge in [-0.05, 0) is 5.56 Å². The molecule has 0 aliphatic carbocycles. The zero-order chi connectivity index (χ0) is 13.1. The SMILES string of the molecule is O=c1c2[nH+]c[nH]c2cnn1COCc1ccccc1. The number of nitrogens with zero attached hydrogens (tertiary/aromatic N) is 2. The van der Waals surface area contributed by atoms with Crippen molar-refractivity contribution in [2.75, 3.05) is 0 Å². The fraction of sp³-hybridized carbons (Fsp3) is 0.154. The van der Waals surface area contributed by atoms with Gasteiger partial charge in [0.15, 0.2) is 5.52 Å². The summed E-state index contributed by atoms with van der Waals surface area (Å²) in [5, 5.41) is 4.04. The molecule has 3 rings (SSSR count). The Morgan fingerprint density at radius 3 is 3.00 bits per heavy atom. The third kappa shape index (κ3) is 2.38. The number of H-pyrrole nitrogens is 2. The summed E-state index contributed by atoms with van der Waals surface area (Å²) in [6, 6.07) is 9.79. The van der Waals surface area contributed by atoms with Gasteiger partial charge in [0.1, 0.15) is 6.73 Å². The zero-order valence-electron chi connectivity index (χ0n) is 10.2. The van der Waals surface area contributed by atoms with E-state index >= 15 is 0 Å². The number of imidazole rings is 1. The van der Waals surface area contributed by atoms with E-state index in [1.54, 1.807) is 12.5 Å². The van der Waals surface area contributed by atoms with Gasteiger partial charge < -0.3 is 4.74 Å². The highest BCUT2D eigenvalue weighted by Crippen LogP contribution is 2.01. The first kappa shape index (κ1) is 11.6. The molecule has 0 radical (unpaired) electrons. The molecule has 0 bridgehead atoms. The van der Waals surface area contributed by atoms with Crippen LogP contribution in [0, 0.1) is 0 Å². The minimum Gasteiger partial charge on any atom is -0.354 e. The van der Waals surface area contributed by atoms with Crippen LogP contribution in [0.4, 0.5) is 0 Å². The number of hydrogen-bond acceptors (Lipinski definition) is 3. The molecule has 0 aliphatic heterocycles. The lowest BCUT2D eigenvalue weighted by Crippen LogP contribution is -2.26. The lowest BCUT2D eigenvalue weighted by Gasteiger charge is -2.05. The quantitative estimate of drug-likeness (QED) is 0.748.